The molecule has 0 bridgehead atoms. The van der Waals surface area contributed by atoms with Gasteiger partial charge in [0.05, 0.1) is 6.61 Å². The van der Waals surface area contributed by atoms with Gasteiger partial charge in [-0.25, -0.2) is 4.79 Å². The number of nitrogens with zero attached hydrogens (tertiary/aromatic N) is 1. The fourth-order valence-electron chi connectivity index (χ4n) is 3.67. The summed E-state index contributed by atoms with van der Waals surface area (Å²) >= 11 is 13.4. The van der Waals surface area contributed by atoms with Crippen molar-refractivity contribution < 1.29 is 9.15 Å². The number of halogens is 1. The maximum Gasteiger partial charge on any atom is 0.355 e. The molecule has 0 aliphatic carbocycles. The number of fused-ring (bicyclic) bond motifs is 1. The van der Waals surface area contributed by atoms with Crippen molar-refractivity contribution in [3.63, 3.8) is 0 Å². The summed E-state index contributed by atoms with van der Waals surface area (Å²) in [4.78, 5) is 14.1. The summed E-state index contributed by atoms with van der Waals surface area (Å²) in [5.41, 5.74) is 0.702. The minimum absolute atomic E-state index is 0.131. The highest BCUT2D eigenvalue weighted by molar-refractivity contribution is 8.22. The molecule has 0 saturated carbocycles. The van der Waals surface area contributed by atoms with Crippen molar-refractivity contribution in [1.82, 2.24) is 4.90 Å². The number of rotatable bonds is 5. The molecule has 28 heavy (non-hydrogen) atoms. The summed E-state index contributed by atoms with van der Waals surface area (Å²) in [7, 11) is 0. The molecule has 2 aromatic rings. The van der Waals surface area contributed by atoms with Gasteiger partial charge >= 0.3 is 5.63 Å². The molecule has 1 aromatic heterocycles. The van der Waals surface area contributed by atoms with Crippen LogP contribution in [0.15, 0.2) is 27.4 Å². The summed E-state index contributed by atoms with van der Waals surface area (Å²) in [6.45, 7) is 6.92. The van der Waals surface area contributed by atoms with Crippen LogP contribution in [0, 0.1) is 6.92 Å². The van der Waals surface area contributed by atoms with Gasteiger partial charge in [-0.1, -0.05) is 35.6 Å². The predicted molar refractivity (Wildman–Crippen MR) is 122 cm³/mol. The Morgan fingerprint density at radius 1 is 1.36 bits per heavy atom. The first kappa shape index (κ1) is 21.5. The third-order valence-corrected chi connectivity index (χ3v) is 7.21. The molecule has 2 unspecified atom stereocenters. The largest absolute Gasteiger partial charge is 0.493 e. The second-order valence-electron chi connectivity index (χ2n) is 7.34. The van der Waals surface area contributed by atoms with Gasteiger partial charge in [0.1, 0.15) is 20.7 Å². The van der Waals surface area contributed by atoms with Crippen LogP contribution in [0.4, 0.5) is 0 Å². The van der Waals surface area contributed by atoms with E-state index < -0.39 is 5.63 Å². The summed E-state index contributed by atoms with van der Waals surface area (Å²) < 4.78 is 12.1. The highest BCUT2D eigenvalue weighted by atomic mass is 35.5. The second kappa shape index (κ2) is 9.51. The maximum atomic E-state index is 11.7. The first-order valence-electron chi connectivity index (χ1n) is 9.69. The zero-order valence-electron chi connectivity index (χ0n) is 16.5. The Morgan fingerprint density at radius 2 is 2.07 bits per heavy atom. The predicted octanol–water partition coefficient (Wildman–Crippen LogP) is 5.80. The average molecular weight is 440 g/mol. The fraction of sp³-hybridized carbons (Fsp3) is 0.524. The normalized spacial score (nSPS) is 19.8. The van der Waals surface area contributed by atoms with Crippen molar-refractivity contribution in [2.45, 2.75) is 58.5 Å². The van der Waals surface area contributed by atoms with E-state index in [9.17, 15) is 4.79 Å². The van der Waals surface area contributed by atoms with Crippen LogP contribution in [-0.2, 0) is 0 Å². The van der Waals surface area contributed by atoms with Crippen molar-refractivity contribution in [2.75, 3.05) is 12.4 Å². The highest BCUT2D eigenvalue weighted by Gasteiger charge is 2.26. The Kier molecular flexibility index (Phi) is 7.29. The SMILES string of the molecule is Cc1c(Cl)c(=O)oc2cc(OCCCSC(=S)N3C(C)CCCC3C)ccc12. The van der Waals surface area contributed by atoms with E-state index in [1.165, 1.54) is 19.3 Å². The Labute approximate surface area is 180 Å². The molecule has 2 atom stereocenters. The minimum Gasteiger partial charge on any atom is -0.493 e. The lowest BCUT2D eigenvalue weighted by Crippen LogP contribution is -2.45. The third kappa shape index (κ3) is 4.84. The smallest absolute Gasteiger partial charge is 0.355 e. The van der Waals surface area contributed by atoms with Crippen LogP contribution in [0.3, 0.4) is 0 Å². The van der Waals surface area contributed by atoms with Crippen molar-refractivity contribution in [1.29, 1.82) is 0 Å². The highest BCUT2D eigenvalue weighted by Crippen LogP contribution is 2.28. The van der Waals surface area contributed by atoms with E-state index in [0.717, 1.165) is 27.4 Å². The quantitative estimate of drug-likeness (QED) is 0.333. The van der Waals surface area contributed by atoms with Gasteiger partial charge in [0, 0.05) is 29.3 Å². The van der Waals surface area contributed by atoms with Gasteiger partial charge in [-0.15, -0.1) is 0 Å². The standard InChI is InChI=1S/C21H26ClNO3S2/c1-13-6-4-7-14(2)23(13)21(27)28-11-5-10-25-16-8-9-17-15(3)19(22)20(24)26-18(17)12-16/h8-9,12-14H,4-7,10-11H2,1-3H3. The lowest BCUT2D eigenvalue weighted by molar-refractivity contribution is 0.199. The van der Waals surface area contributed by atoms with Gasteiger partial charge in [-0.2, -0.15) is 0 Å². The molecule has 152 valence electrons. The van der Waals surface area contributed by atoms with Crippen molar-refractivity contribution >= 4 is 50.9 Å². The lowest BCUT2D eigenvalue weighted by atomic mass is 9.99. The first-order chi connectivity index (χ1) is 13.4. The van der Waals surface area contributed by atoms with Gasteiger partial charge in [-0.3, -0.25) is 0 Å². The van der Waals surface area contributed by atoms with Gasteiger partial charge in [0.2, 0.25) is 0 Å². The zero-order chi connectivity index (χ0) is 20.3. The van der Waals surface area contributed by atoms with E-state index in [0.29, 0.717) is 30.0 Å². The molecular formula is C21H26ClNO3S2. The summed E-state index contributed by atoms with van der Waals surface area (Å²) in [5, 5.41) is 0.953. The van der Waals surface area contributed by atoms with E-state index in [2.05, 4.69) is 18.7 Å². The Bertz CT molecular complexity index is 904. The molecule has 0 radical (unpaired) electrons. The van der Waals surface area contributed by atoms with E-state index in [-0.39, 0.29) is 5.02 Å². The topological polar surface area (TPSA) is 42.7 Å². The van der Waals surface area contributed by atoms with E-state index in [1.54, 1.807) is 17.8 Å². The maximum absolute atomic E-state index is 11.7. The summed E-state index contributed by atoms with van der Waals surface area (Å²) in [6, 6.07) is 6.56. The summed E-state index contributed by atoms with van der Waals surface area (Å²) in [6.07, 6.45) is 4.62. The average Bonchev–Trinajstić information content (AvgIpc) is 2.65. The lowest BCUT2D eigenvalue weighted by Gasteiger charge is -2.40. The molecule has 0 spiro atoms. The minimum atomic E-state index is -0.519. The molecule has 0 N–H and O–H groups in total. The Balaban J connectivity index is 1.49. The number of likely N-dealkylation sites (tertiary alicyclic amines) is 1. The molecule has 1 saturated heterocycles. The van der Waals surface area contributed by atoms with Gasteiger partial charge in [-0.05, 0) is 64.2 Å². The number of aryl methyl sites for hydroxylation is 1. The van der Waals surface area contributed by atoms with Gasteiger partial charge in [0.25, 0.3) is 0 Å². The molecule has 1 aliphatic heterocycles. The Hall–Kier alpha value is -1.24. The van der Waals surface area contributed by atoms with Gasteiger partial charge < -0.3 is 14.1 Å². The molecule has 4 nitrogen and oxygen atoms in total. The molecular weight excluding hydrogens is 414 g/mol. The molecule has 1 aliphatic rings. The van der Waals surface area contributed by atoms with E-state index in [4.69, 9.17) is 33.0 Å². The fourth-order valence-corrected chi connectivity index (χ4v) is 5.36. The first-order valence-corrected chi connectivity index (χ1v) is 11.5. The molecule has 1 aromatic carbocycles. The Morgan fingerprint density at radius 3 is 2.79 bits per heavy atom. The second-order valence-corrected chi connectivity index (χ2v) is 9.45. The zero-order valence-corrected chi connectivity index (χ0v) is 18.9. The van der Waals surface area contributed by atoms with E-state index >= 15 is 0 Å². The number of ether oxygens (including phenoxy) is 1. The van der Waals surface area contributed by atoms with Crippen LogP contribution in [0.25, 0.3) is 11.0 Å². The van der Waals surface area contributed by atoms with Crippen LogP contribution in [0.5, 0.6) is 5.75 Å². The molecule has 3 rings (SSSR count). The number of hydrogen-bond donors (Lipinski definition) is 0. The molecule has 1 fully saturated rings. The number of thioether (sulfide) groups is 1. The van der Waals surface area contributed by atoms with Crippen LogP contribution < -0.4 is 10.4 Å². The molecule has 0 amide bonds. The van der Waals surface area contributed by atoms with Gasteiger partial charge in [0.15, 0.2) is 0 Å². The van der Waals surface area contributed by atoms with Crippen LogP contribution in [-0.4, -0.2) is 33.7 Å². The molecule has 2 heterocycles. The van der Waals surface area contributed by atoms with Crippen molar-refractivity contribution in [3.05, 3.63) is 39.2 Å². The monoisotopic (exact) mass is 439 g/mol. The van der Waals surface area contributed by atoms with Crippen LogP contribution in [0.1, 0.15) is 45.1 Å². The van der Waals surface area contributed by atoms with Crippen LogP contribution >= 0.6 is 35.6 Å². The van der Waals surface area contributed by atoms with E-state index in [1.807, 2.05) is 19.1 Å². The van der Waals surface area contributed by atoms with Crippen LogP contribution in [0.2, 0.25) is 5.02 Å². The number of thiocarbonyl (C=S) groups is 1. The third-order valence-electron chi connectivity index (χ3n) is 5.26. The summed E-state index contributed by atoms with van der Waals surface area (Å²) in [5.74, 6) is 1.61. The van der Waals surface area contributed by atoms with Crippen molar-refractivity contribution in [3.8, 4) is 5.75 Å². The number of benzene rings is 1. The molecule has 7 heteroatoms. The van der Waals surface area contributed by atoms with Crippen molar-refractivity contribution in [2.24, 2.45) is 0 Å². The number of piperidine rings is 1. The number of hydrogen-bond acceptors (Lipinski definition) is 5.